The Labute approximate surface area is 180 Å². The van der Waals surface area contributed by atoms with E-state index in [4.69, 9.17) is 20.9 Å². The lowest BCUT2D eigenvalue weighted by Gasteiger charge is -2.35. The van der Waals surface area contributed by atoms with E-state index in [1.165, 1.54) is 0 Å². The van der Waals surface area contributed by atoms with Crippen LogP contribution in [-0.4, -0.2) is 61.2 Å². The van der Waals surface area contributed by atoms with Crippen LogP contribution in [0.3, 0.4) is 0 Å². The summed E-state index contributed by atoms with van der Waals surface area (Å²) in [5, 5.41) is 0.701. The fourth-order valence-electron chi connectivity index (χ4n) is 3.67. The third-order valence-electron chi connectivity index (χ3n) is 5.59. The Balaban J connectivity index is 1.53. The molecule has 1 aromatic heterocycles. The van der Waals surface area contributed by atoms with Gasteiger partial charge in [-0.1, -0.05) is 6.07 Å². The summed E-state index contributed by atoms with van der Waals surface area (Å²) in [7, 11) is 3.15. The molecule has 1 aliphatic heterocycles. The Morgan fingerprint density at radius 3 is 2.29 bits per heavy atom. The SMILES string of the molecule is COc1cc2nc(N3CCN(C(=O)c4ccc(C)c(N)c4)CC3)nc(N)c2cc1OC. The Kier molecular flexibility index (Phi) is 5.41. The molecule has 0 bridgehead atoms. The van der Waals surface area contributed by atoms with E-state index in [0.29, 0.717) is 71.6 Å². The Morgan fingerprint density at radius 1 is 0.968 bits per heavy atom. The van der Waals surface area contributed by atoms with E-state index in [1.54, 1.807) is 32.4 Å². The van der Waals surface area contributed by atoms with Crippen LogP contribution in [0.15, 0.2) is 30.3 Å². The molecule has 1 saturated heterocycles. The van der Waals surface area contributed by atoms with Crippen LogP contribution in [0.5, 0.6) is 11.5 Å². The number of anilines is 3. The highest BCUT2D eigenvalue weighted by Gasteiger charge is 2.24. The summed E-state index contributed by atoms with van der Waals surface area (Å²) >= 11 is 0. The van der Waals surface area contributed by atoms with Crippen LogP contribution < -0.4 is 25.8 Å². The van der Waals surface area contributed by atoms with Gasteiger partial charge in [-0.05, 0) is 30.7 Å². The Hall–Kier alpha value is -3.75. The standard InChI is InChI=1S/C22H26N6O3/c1-13-4-5-14(10-16(13)23)21(29)27-6-8-28(9-7-27)22-25-17-12-19(31-3)18(30-2)11-15(17)20(24)26-22/h4-5,10-12H,6-9,23H2,1-3H3,(H2,24,25,26). The molecule has 0 aliphatic carbocycles. The van der Waals surface area contributed by atoms with Crippen molar-refractivity contribution in [3.8, 4) is 11.5 Å². The van der Waals surface area contributed by atoms with Crippen LogP contribution in [0.25, 0.3) is 10.9 Å². The van der Waals surface area contributed by atoms with Crippen LogP contribution in [0, 0.1) is 6.92 Å². The lowest BCUT2D eigenvalue weighted by molar-refractivity contribution is 0.0746. The number of hydrogen-bond donors (Lipinski definition) is 2. The average Bonchev–Trinajstić information content (AvgIpc) is 2.79. The molecule has 0 spiro atoms. The largest absolute Gasteiger partial charge is 0.493 e. The topological polar surface area (TPSA) is 120 Å². The van der Waals surface area contributed by atoms with Crippen molar-refractivity contribution in [2.45, 2.75) is 6.92 Å². The first-order valence-corrected chi connectivity index (χ1v) is 10.0. The number of amides is 1. The summed E-state index contributed by atoms with van der Waals surface area (Å²) in [6.45, 7) is 4.24. The molecule has 3 aromatic rings. The molecule has 9 heteroatoms. The van der Waals surface area contributed by atoms with Crippen molar-refractivity contribution in [2.24, 2.45) is 0 Å². The smallest absolute Gasteiger partial charge is 0.254 e. The van der Waals surface area contributed by atoms with Gasteiger partial charge in [0.2, 0.25) is 5.95 Å². The number of aromatic nitrogens is 2. The summed E-state index contributed by atoms with van der Waals surface area (Å²) in [4.78, 5) is 25.8. The number of methoxy groups -OCH3 is 2. The number of hydrogen-bond acceptors (Lipinski definition) is 8. The third kappa shape index (κ3) is 3.86. The Morgan fingerprint density at radius 2 is 1.65 bits per heavy atom. The molecule has 2 heterocycles. The number of piperazine rings is 1. The zero-order valence-electron chi connectivity index (χ0n) is 17.9. The maximum Gasteiger partial charge on any atom is 0.254 e. The van der Waals surface area contributed by atoms with Gasteiger partial charge in [0.15, 0.2) is 11.5 Å². The van der Waals surface area contributed by atoms with Gasteiger partial charge in [-0.25, -0.2) is 4.98 Å². The zero-order chi connectivity index (χ0) is 22.1. The lowest BCUT2D eigenvalue weighted by atomic mass is 10.1. The van der Waals surface area contributed by atoms with Crippen LogP contribution in [0.1, 0.15) is 15.9 Å². The lowest BCUT2D eigenvalue weighted by Crippen LogP contribution is -2.49. The van der Waals surface area contributed by atoms with Crippen molar-refractivity contribution >= 4 is 34.3 Å². The molecular formula is C22H26N6O3. The van der Waals surface area contributed by atoms with Gasteiger partial charge in [-0.3, -0.25) is 4.79 Å². The molecule has 1 fully saturated rings. The van der Waals surface area contributed by atoms with E-state index in [1.807, 2.05) is 28.9 Å². The second-order valence-electron chi connectivity index (χ2n) is 7.48. The molecule has 162 valence electrons. The van der Waals surface area contributed by atoms with Crippen LogP contribution in [0.4, 0.5) is 17.5 Å². The van der Waals surface area contributed by atoms with Crippen LogP contribution in [0.2, 0.25) is 0 Å². The highest BCUT2D eigenvalue weighted by molar-refractivity contribution is 5.95. The number of nitrogens with two attached hydrogens (primary N) is 2. The van der Waals surface area contributed by atoms with E-state index < -0.39 is 0 Å². The number of nitrogens with zero attached hydrogens (tertiary/aromatic N) is 4. The summed E-state index contributed by atoms with van der Waals surface area (Å²) in [5.74, 6) is 2.02. The summed E-state index contributed by atoms with van der Waals surface area (Å²) in [6.07, 6.45) is 0. The molecule has 9 nitrogen and oxygen atoms in total. The van der Waals surface area contributed by atoms with E-state index in [-0.39, 0.29) is 5.91 Å². The maximum absolute atomic E-state index is 12.8. The summed E-state index contributed by atoms with van der Waals surface area (Å²) in [6, 6.07) is 8.98. The van der Waals surface area contributed by atoms with Gasteiger partial charge in [0.1, 0.15) is 5.82 Å². The molecule has 0 unspecified atom stereocenters. The molecule has 0 saturated carbocycles. The first kappa shape index (κ1) is 20.5. The van der Waals surface area contributed by atoms with Crippen molar-refractivity contribution < 1.29 is 14.3 Å². The number of carbonyl (C=O) groups excluding carboxylic acids is 1. The van der Waals surface area contributed by atoms with Crippen LogP contribution in [-0.2, 0) is 0 Å². The summed E-state index contributed by atoms with van der Waals surface area (Å²) < 4.78 is 10.7. The average molecular weight is 422 g/mol. The van der Waals surface area contributed by atoms with E-state index in [0.717, 1.165) is 5.56 Å². The van der Waals surface area contributed by atoms with Crippen molar-refractivity contribution in [2.75, 3.05) is 56.8 Å². The minimum absolute atomic E-state index is 0.0258. The van der Waals surface area contributed by atoms with Crippen molar-refractivity contribution in [1.29, 1.82) is 0 Å². The van der Waals surface area contributed by atoms with Gasteiger partial charge in [-0.15, -0.1) is 0 Å². The molecule has 4 N–H and O–H groups in total. The molecular weight excluding hydrogens is 396 g/mol. The van der Waals surface area contributed by atoms with Gasteiger partial charge in [0.25, 0.3) is 5.91 Å². The van der Waals surface area contributed by atoms with Gasteiger partial charge in [0, 0.05) is 48.9 Å². The second kappa shape index (κ2) is 8.17. The van der Waals surface area contributed by atoms with Crippen molar-refractivity contribution in [3.63, 3.8) is 0 Å². The van der Waals surface area contributed by atoms with Crippen LogP contribution >= 0.6 is 0 Å². The molecule has 1 aliphatic rings. The van der Waals surface area contributed by atoms with Crippen molar-refractivity contribution in [3.05, 3.63) is 41.5 Å². The number of fused-ring (bicyclic) bond motifs is 1. The number of ether oxygens (including phenoxy) is 2. The molecule has 0 atom stereocenters. The van der Waals surface area contributed by atoms with Gasteiger partial charge in [0.05, 0.1) is 19.7 Å². The quantitative estimate of drug-likeness (QED) is 0.613. The minimum atomic E-state index is -0.0258. The Bertz CT molecular complexity index is 1140. The molecule has 1 amide bonds. The summed E-state index contributed by atoms with van der Waals surface area (Å²) in [5.41, 5.74) is 15.0. The first-order chi connectivity index (χ1) is 14.9. The number of rotatable bonds is 4. The van der Waals surface area contributed by atoms with Gasteiger partial charge in [-0.2, -0.15) is 4.98 Å². The second-order valence-corrected chi connectivity index (χ2v) is 7.48. The first-order valence-electron chi connectivity index (χ1n) is 10.0. The normalized spacial score (nSPS) is 14.0. The fourth-order valence-corrected chi connectivity index (χ4v) is 3.67. The zero-order valence-corrected chi connectivity index (χ0v) is 17.9. The van der Waals surface area contributed by atoms with E-state index in [2.05, 4.69) is 9.97 Å². The van der Waals surface area contributed by atoms with E-state index in [9.17, 15) is 4.79 Å². The van der Waals surface area contributed by atoms with Crippen molar-refractivity contribution in [1.82, 2.24) is 14.9 Å². The number of carbonyl (C=O) groups is 1. The molecule has 31 heavy (non-hydrogen) atoms. The third-order valence-corrected chi connectivity index (χ3v) is 5.59. The molecule has 2 aromatic carbocycles. The van der Waals surface area contributed by atoms with Gasteiger partial charge < -0.3 is 30.7 Å². The highest BCUT2D eigenvalue weighted by Crippen LogP contribution is 2.34. The predicted molar refractivity (Wildman–Crippen MR) is 121 cm³/mol. The number of benzene rings is 2. The minimum Gasteiger partial charge on any atom is -0.493 e. The molecule has 0 radical (unpaired) electrons. The number of aryl methyl sites for hydroxylation is 1. The highest BCUT2D eigenvalue weighted by atomic mass is 16.5. The van der Waals surface area contributed by atoms with Gasteiger partial charge >= 0.3 is 0 Å². The fraction of sp³-hybridized carbons (Fsp3) is 0.318. The van der Waals surface area contributed by atoms with E-state index >= 15 is 0 Å². The molecule has 4 rings (SSSR count). The maximum atomic E-state index is 12.8. The number of nitrogen functional groups attached to an aromatic ring is 2. The monoisotopic (exact) mass is 422 g/mol. The predicted octanol–water partition coefficient (Wildman–Crippen LogP) is 2.08.